The van der Waals surface area contributed by atoms with Crippen molar-refractivity contribution in [2.24, 2.45) is 0 Å². The Balaban J connectivity index is 1.75. The summed E-state index contributed by atoms with van der Waals surface area (Å²) in [5.41, 5.74) is 3.37. The number of nitrogens with one attached hydrogen (secondary N) is 2. The topological polar surface area (TPSA) is 71.1 Å². The summed E-state index contributed by atoms with van der Waals surface area (Å²) in [5.74, 6) is -0.549. The number of rotatable bonds is 4. The largest absolute Gasteiger partial charge is 0.348 e. The van der Waals surface area contributed by atoms with Gasteiger partial charge in [0.05, 0.1) is 0 Å². The van der Waals surface area contributed by atoms with Crippen molar-refractivity contribution in [3.63, 3.8) is 0 Å². The van der Waals surface area contributed by atoms with Gasteiger partial charge in [-0.05, 0) is 50.5 Å². The fourth-order valence-corrected chi connectivity index (χ4v) is 2.31. The van der Waals surface area contributed by atoms with Crippen LogP contribution in [0.4, 0.5) is 5.69 Å². The average Bonchev–Trinajstić information content (AvgIpc) is 3.34. The Labute approximate surface area is 135 Å². The van der Waals surface area contributed by atoms with Crippen LogP contribution in [0.15, 0.2) is 36.4 Å². The third-order valence-electron chi connectivity index (χ3n) is 3.76. The van der Waals surface area contributed by atoms with Gasteiger partial charge in [-0.25, -0.2) is 4.98 Å². The molecule has 2 amide bonds. The summed E-state index contributed by atoms with van der Waals surface area (Å²) in [5, 5.41) is 5.71. The molecule has 0 spiro atoms. The Bertz CT molecular complexity index is 767. The van der Waals surface area contributed by atoms with Crippen molar-refractivity contribution in [3.8, 4) is 0 Å². The Kier molecular flexibility index (Phi) is 4.10. The van der Waals surface area contributed by atoms with Gasteiger partial charge < -0.3 is 10.6 Å². The quantitative estimate of drug-likeness (QED) is 0.912. The molecule has 3 rings (SSSR count). The number of amides is 2. The molecule has 1 aliphatic rings. The number of nitrogens with zero attached hydrogens (tertiary/aromatic N) is 1. The van der Waals surface area contributed by atoms with Crippen LogP contribution in [-0.4, -0.2) is 22.8 Å². The second kappa shape index (κ2) is 6.20. The van der Waals surface area contributed by atoms with Crippen LogP contribution in [0.3, 0.4) is 0 Å². The van der Waals surface area contributed by atoms with Gasteiger partial charge in [0, 0.05) is 11.7 Å². The van der Waals surface area contributed by atoms with E-state index in [0.29, 0.717) is 0 Å². The number of benzene rings is 1. The molecule has 1 saturated carbocycles. The molecule has 0 atom stereocenters. The highest BCUT2D eigenvalue weighted by molar-refractivity contribution is 6.04. The van der Waals surface area contributed by atoms with E-state index >= 15 is 0 Å². The number of anilines is 1. The second-order valence-electron chi connectivity index (χ2n) is 5.93. The minimum absolute atomic E-state index is 0.228. The van der Waals surface area contributed by atoms with Crippen molar-refractivity contribution in [1.82, 2.24) is 10.3 Å². The van der Waals surface area contributed by atoms with Crippen molar-refractivity contribution in [2.45, 2.75) is 32.7 Å². The van der Waals surface area contributed by atoms with Gasteiger partial charge in [0.25, 0.3) is 11.8 Å². The molecular formula is C18H19N3O2. The van der Waals surface area contributed by atoms with Crippen molar-refractivity contribution >= 4 is 17.5 Å². The maximum atomic E-state index is 12.4. The van der Waals surface area contributed by atoms with Crippen LogP contribution in [0.25, 0.3) is 0 Å². The Morgan fingerprint density at radius 2 is 1.74 bits per heavy atom. The molecule has 1 heterocycles. The smallest absolute Gasteiger partial charge is 0.274 e. The van der Waals surface area contributed by atoms with Crippen LogP contribution in [0.2, 0.25) is 0 Å². The molecule has 23 heavy (non-hydrogen) atoms. The molecule has 0 bridgehead atoms. The van der Waals surface area contributed by atoms with Gasteiger partial charge in [0.1, 0.15) is 11.4 Å². The lowest BCUT2D eigenvalue weighted by Crippen LogP contribution is -2.27. The van der Waals surface area contributed by atoms with E-state index in [1.54, 1.807) is 18.2 Å². The van der Waals surface area contributed by atoms with Crippen LogP contribution in [0, 0.1) is 13.8 Å². The molecule has 1 aromatic carbocycles. The van der Waals surface area contributed by atoms with E-state index in [9.17, 15) is 9.59 Å². The van der Waals surface area contributed by atoms with Crippen LogP contribution < -0.4 is 10.6 Å². The third kappa shape index (κ3) is 3.74. The summed E-state index contributed by atoms with van der Waals surface area (Å²) in [6.07, 6.45) is 2.03. The van der Waals surface area contributed by atoms with Gasteiger partial charge in [0.2, 0.25) is 0 Å². The molecule has 2 aromatic rings. The van der Waals surface area contributed by atoms with Crippen molar-refractivity contribution in [3.05, 3.63) is 58.9 Å². The fourth-order valence-electron chi connectivity index (χ4n) is 2.31. The van der Waals surface area contributed by atoms with Crippen molar-refractivity contribution in [1.29, 1.82) is 0 Å². The van der Waals surface area contributed by atoms with Crippen molar-refractivity contribution in [2.75, 3.05) is 5.32 Å². The molecule has 1 aliphatic carbocycles. The molecule has 1 aromatic heterocycles. The number of pyridine rings is 1. The molecular weight excluding hydrogens is 290 g/mol. The van der Waals surface area contributed by atoms with E-state index in [2.05, 4.69) is 15.6 Å². The van der Waals surface area contributed by atoms with E-state index in [0.717, 1.165) is 29.7 Å². The lowest BCUT2D eigenvalue weighted by molar-refractivity contribution is 0.0946. The minimum Gasteiger partial charge on any atom is -0.348 e. The summed E-state index contributed by atoms with van der Waals surface area (Å²) in [6, 6.07) is 11.0. The first-order valence-electron chi connectivity index (χ1n) is 7.69. The van der Waals surface area contributed by atoms with Crippen LogP contribution in [0.5, 0.6) is 0 Å². The first-order chi connectivity index (χ1) is 11.0. The van der Waals surface area contributed by atoms with E-state index in [1.807, 2.05) is 32.0 Å². The van der Waals surface area contributed by atoms with Gasteiger partial charge in [-0.2, -0.15) is 0 Å². The fraction of sp³-hybridized carbons (Fsp3) is 0.278. The molecule has 2 N–H and O–H groups in total. The standard InChI is InChI=1S/C18H19N3O2/c1-11-6-9-14(12(2)10-11)21-18(23)16-5-3-4-15(20-16)17(22)19-13-7-8-13/h3-6,9-10,13H,7-8H2,1-2H3,(H,19,22)(H,21,23). The Morgan fingerprint density at radius 1 is 1.04 bits per heavy atom. The van der Waals surface area contributed by atoms with E-state index in [-0.39, 0.29) is 29.2 Å². The molecule has 1 fully saturated rings. The molecule has 0 aliphatic heterocycles. The lowest BCUT2D eigenvalue weighted by atomic mass is 10.1. The zero-order chi connectivity index (χ0) is 16.4. The highest BCUT2D eigenvalue weighted by Crippen LogP contribution is 2.19. The molecule has 5 heteroatoms. The minimum atomic E-state index is -0.321. The van der Waals surface area contributed by atoms with Gasteiger partial charge in [-0.3, -0.25) is 9.59 Å². The number of hydrogen-bond acceptors (Lipinski definition) is 3. The van der Waals surface area contributed by atoms with Crippen LogP contribution in [-0.2, 0) is 0 Å². The SMILES string of the molecule is Cc1ccc(NC(=O)c2cccc(C(=O)NC3CC3)n2)c(C)c1. The highest BCUT2D eigenvalue weighted by atomic mass is 16.2. The van der Waals surface area contributed by atoms with E-state index in [4.69, 9.17) is 0 Å². The van der Waals surface area contributed by atoms with Crippen LogP contribution in [0.1, 0.15) is 44.9 Å². The first kappa shape index (κ1) is 15.2. The number of hydrogen-bond donors (Lipinski definition) is 2. The predicted molar refractivity (Wildman–Crippen MR) is 88.6 cm³/mol. The van der Waals surface area contributed by atoms with Gasteiger partial charge in [-0.1, -0.05) is 23.8 Å². The second-order valence-corrected chi connectivity index (χ2v) is 5.93. The normalized spacial score (nSPS) is 13.5. The van der Waals surface area contributed by atoms with Crippen molar-refractivity contribution < 1.29 is 9.59 Å². The maximum absolute atomic E-state index is 12.4. The number of aryl methyl sites for hydroxylation is 2. The zero-order valence-electron chi connectivity index (χ0n) is 13.2. The zero-order valence-corrected chi connectivity index (χ0v) is 13.2. The average molecular weight is 309 g/mol. The molecule has 0 saturated heterocycles. The molecule has 5 nitrogen and oxygen atoms in total. The predicted octanol–water partition coefficient (Wildman–Crippen LogP) is 2.84. The first-order valence-corrected chi connectivity index (χ1v) is 7.69. The number of carbonyl (C=O) groups excluding carboxylic acids is 2. The molecule has 118 valence electrons. The van der Waals surface area contributed by atoms with Gasteiger partial charge in [0.15, 0.2) is 0 Å². The third-order valence-corrected chi connectivity index (χ3v) is 3.76. The molecule has 0 radical (unpaired) electrons. The van der Waals surface area contributed by atoms with E-state index < -0.39 is 0 Å². The van der Waals surface area contributed by atoms with Gasteiger partial charge in [-0.15, -0.1) is 0 Å². The van der Waals surface area contributed by atoms with E-state index in [1.165, 1.54) is 0 Å². The number of carbonyl (C=O) groups is 2. The maximum Gasteiger partial charge on any atom is 0.274 e. The number of aromatic nitrogens is 1. The van der Waals surface area contributed by atoms with Crippen LogP contribution >= 0.6 is 0 Å². The summed E-state index contributed by atoms with van der Waals surface area (Å²) < 4.78 is 0. The summed E-state index contributed by atoms with van der Waals surface area (Å²) >= 11 is 0. The summed E-state index contributed by atoms with van der Waals surface area (Å²) in [6.45, 7) is 3.94. The Morgan fingerprint density at radius 3 is 2.39 bits per heavy atom. The monoisotopic (exact) mass is 309 g/mol. The lowest BCUT2D eigenvalue weighted by Gasteiger charge is -2.09. The summed E-state index contributed by atoms with van der Waals surface area (Å²) in [4.78, 5) is 28.5. The molecule has 0 unspecified atom stereocenters. The highest BCUT2D eigenvalue weighted by Gasteiger charge is 2.24. The Hall–Kier alpha value is -2.69. The summed E-state index contributed by atoms with van der Waals surface area (Å²) in [7, 11) is 0. The van der Waals surface area contributed by atoms with Gasteiger partial charge >= 0.3 is 0 Å².